The van der Waals surface area contributed by atoms with Gasteiger partial charge >= 0.3 is 53.9 Å². The van der Waals surface area contributed by atoms with E-state index in [1.54, 1.807) is 0 Å². The van der Waals surface area contributed by atoms with Gasteiger partial charge in [0, 0.05) is 5.41 Å². The van der Waals surface area contributed by atoms with E-state index in [0.717, 1.165) is 0 Å². The zero-order valence-electron chi connectivity index (χ0n) is 18.2. The summed E-state index contributed by atoms with van der Waals surface area (Å²) < 4.78 is 248. The van der Waals surface area contributed by atoms with Crippen LogP contribution in [0.4, 0.5) is 79.0 Å². The molecule has 0 heterocycles. The maximum Gasteiger partial charge on any atom is 0.433 e. The largest absolute Gasteiger partial charge is 0.433 e. The predicted molar refractivity (Wildman–Crippen MR) is 81.3 cm³/mol. The smallest absolute Gasteiger partial charge is 0.313 e. The summed E-state index contributed by atoms with van der Waals surface area (Å²) in [6.07, 6.45) is -24.4. The molecule has 0 aromatic heterocycles. The predicted octanol–water partition coefficient (Wildman–Crippen LogP) is 8.06. The van der Waals surface area contributed by atoms with E-state index < -0.39 is 65.4 Å². The van der Waals surface area contributed by atoms with E-state index in [9.17, 15) is 79.0 Å². The summed E-state index contributed by atoms with van der Waals surface area (Å²) in [5, 5.41) is 0. The highest BCUT2D eigenvalue weighted by Crippen LogP contribution is 2.63. The minimum Gasteiger partial charge on any atom is -0.313 e. The van der Waals surface area contributed by atoms with Crippen LogP contribution in [0.2, 0.25) is 0 Å². The molecule has 0 rings (SSSR count). The lowest BCUT2D eigenvalue weighted by atomic mass is 9.80. The molecule has 2 nitrogen and oxygen atoms in total. The Morgan fingerprint density at radius 1 is 0.389 bits per heavy atom. The minimum atomic E-state index is -8.47. The minimum absolute atomic E-state index is 0.00691. The first kappa shape index (κ1) is 34.7. The molecule has 0 aromatic carbocycles. The average Bonchev–Trinajstić information content (AvgIpc) is 2.57. The van der Waals surface area contributed by atoms with Crippen molar-refractivity contribution in [2.45, 2.75) is 94.6 Å². The van der Waals surface area contributed by atoms with E-state index in [2.05, 4.69) is 4.74 Å². The molecule has 0 saturated heterocycles. The third-order valence-electron chi connectivity index (χ3n) is 4.26. The van der Waals surface area contributed by atoms with Gasteiger partial charge in [0.25, 0.3) is 0 Å². The molecule has 0 spiro atoms. The average molecular weight is 582 g/mol. The zero-order chi connectivity index (χ0) is 30.0. The standard InChI is InChI=1S/C16H16F18O2/c1-6(2)35-14(29,30)13(27,28)16(33,34)36-15(31,32)12(25,26)11(23,24)10(21,22)9(19,20)8(17,18)7(3,4)5/h6H,1-5H3. The van der Waals surface area contributed by atoms with Crippen molar-refractivity contribution in [1.82, 2.24) is 0 Å². The summed E-state index contributed by atoms with van der Waals surface area (Å²) in [7, 11) is 0. The Morgan fingerprint density at radius 3 is 0.972 bits per heavy atom. The Kier molecular flexibility index (Phi) is 8.53. The van der Waals surface area contributed by atoms with E-state index in [-0.39, 0.29) is 20.8 Å². The number of alkyl halides is 18. The van der Waals surface area contributed by atoms with Gasteiger partial charge in [-0.25, -0.2) is 4.74 Å². The second kappa shape index (κ2) is 8.86. The van der Waals surface area contributed by atoms with Crippen LogP contribution < -0.4 is 0 Å². The maximum absolute atomic E-state index is 13.7. The van der Waals surface area contributed by atoms with Crippen LogP contribution in [0.25, 0.3) is 0 Å². The van der Waals surface area contributed by atoms with Gasteiger partial charge in [0.15, 0.2) is 0 Å². The molecule has 36 heavy (non-hydrogen) atoms. The van der Waals surface area contributed by atoms with Crippen LogP contribution in [0, 0.1) is 5.41 Å². The van der Waals surface area contributed by atoms with Crippen molar-refractivity contribution in [2.24, 2.45) is 5.41 Å². The van der Waals surface area contributed by atoms with Crippen LogP contribution in [0.5, 0.6) is 0 Å². The number of ether oxygens (including phenoxy) is 2. The van der Waals surface area contributed by atoms with Gasteiger partial charge in [0.2, 0.25) is 0 Å². The zero-order valence-corrected chi connectivity index (χ0v) is 18.2. The highest BCUT2D eigenvalue weighted by atomic mass is 19.4. The van der Waals surface area contributed by atoms with Crippen molar-refractivity contribution in [1.29, 1.82) is 0 Å². The van der Waals surface area contributed by atoms with Gasteiger partial charge in [0.05, 0.1) is 6.10 Å². The van der Waals surface area contributed by atoms with Gasteiger partial charge in [-0.3, -0.25) is 0 Å². The molecule has 0 unspecified atom stereocenters. The number of hydrogen-bond donors (Lipinski definition) is 0. The topological polar surface area (TPSA) is 18.5 Å². The molecule has 0 aliphatic carbocycles. The molecule has 0 saturated carbocycles. The summed E-state index contributed by atoms with van der Waals surface area (Å²) in [4.78, 5) is 0. The SMILES string of the molecule is CC(C)OC(F)(F)C(F)(F)C(F)(F)OC(F)(F)C(F)(F)C(F)(F)C(F)(F)C(F)(F)C(F)(F)C(C)(C)C. The fourth-order valence-electron chi connectivity index (χ4n) is 2.07. The second-order valence-corrected chi connectivity index (χ2v) is 8.52. The van der Waals surface area contributed by atoms with Crippen LogP contribution in [0.1, 0.15) is 34.6 Å². The van der Waals surface area contributed by atoms with E-state index >= 15 is 0 Å². The van der Waals surface area contributed by atoms with Gasteiger partial charge in [-0.2, -0.15) is 79.0 Å². The van der Waals surface area contributed by atoms with E-state index in [0.29, 0.717) is 13.8 Å². The molecule has 0 atom stereocenters. The molecule has 218 valence electrons. The molecule has 0 aliphatic heterocycles. The number of rotatable bonds is 11. The number of halogens is 18. The van der Waals surface area contributed by atoms with Crippen molar-refractivity contribution in [2.75, 3.05) is 0 Å². The van der Waals surface area contributed by atoms with Crippen molar-refractivity contribution in [3.05, 3.63) is 0 Å². The van der Waals surface area contributed by atoms with Gasteiger partial charge in [-0.15, -0.1) is 0 Å². The molecule has 20 heteroatoms. The molecular weight excluding hydrogens is 566 g/mol. The summed E-state index contributed by atoms with van der Waals surface area (Å²) in [6, 6.07) is 0. The lowest BCUT2D eigenvalue weighted by Gasteiger charge is -2.44. The van der Waals surface area contributed by atoms with E-state index in [1.807, 2.05) is 0 Å². The first-order valence-electron chi connectivity index (χ1n) is 8.90. The summed E-state index contributed by atoms with van der Waals surface area (Å²) in [6.45, 7) is 0.928. The molecule has 0 aromatic rings. The van der Waals surface area contributed by atoms with Crippen LogP contribution in [0.15, 0.2) is 0 Å². The van der Waals surface area contributed by atoms with Crippen LogP contribution in [-0.4, -0.2) is 60.0 Å². The van der Waals surface area contributed by atoms with Crippen molar-refractivity contribution in [3.8, 4) is 0 Å². The highest BCUT2D eigenvalue weighted by Gasteiger charge is 2.92. The Bertz CT molecular complexity index is 780. The van der Waals surface area contributed by atoms with Crippen molar-refractivity contribution >= 4 is 0 Å². The monoisotopic (exact) mass is 582 g/mol. The molecular formula is C16H16F18O2. The van der Waals surface area contributed by atoms with Gasteiger partial charge in [-0.05, 0) is 13.8 Å². The number of hydrogen-bond acceptors (Lipinski definition) is 2. The Labute approximate surface area is 189 Å². The Morgan fingerprint density at radius 2 is 0.667 bits per heavy atom. The Balaban J connectivity index is 6.69. The van der Waals surface area contributed by atoms with Gasteiger partial charge in [-0.1, -0.05) is 20.8 Å². The van der Waals surface area contributed by atoms with Crippen molar-refractivity contribution in [3.63, 3.8) is 0 Å². The molecule has 0 aliphatic rings. The molecule has 0 fully saturated rings. The summed E-state index contributed by atoms with van der Waals surface area (Å²) >= 11 is 0. The fraction of sp³-hybridized carbons (Fsp3) is 1.00. The van der Waals surface area contributed by atoms with Crippen LogP contribution in [0.3, 0.4) is 0 Å². The molecule has 0 N–H and O–H groups in total. The second-order valence-electron chi connectivity index (χ2n) is 8.52. The van der Waals surface area contributed by atoms with Crippen molar-refractivity contribution < 1.29 is 88.5 Å². The first-order valence-corrected chi connectivity index (χ1v) is 8.90. The molecule has 0 amide bonds. The van der Waals surface area contributed by atoms with Crippen LogP contribution in [-0.2, 0) is 9.47 Å². The summed E-state index contributed by atoms with van der Waals surface area (Å²) in [5.41, 5.74) is -3.46. The van der Waals surface area contributed by atoms with Gasteiger partial charge < -0.3 is 4.74 Å². The maximum atomic E-state index is 13.7. The lowest BCUT2D eigenvalue weighted by Crippen LogP contribution is -2.73. The van der Waals surface area contributed by atoms with E-state index in [4.69, 9.17) is 0 Å². The fourth-order valence-corrected chi connectivity index (χ4v) is 2.07. The van der Waals surface area contributed by atoms with Gasteiger partial charge in [0.1, 0.15) is 0 Å². The lowest BCUT2D eigenvalue weighted by molar-refractivity contribution is -0.529. The molecule has 0 bridgehead atoms. The van der Waals surface area contributed by atoms with E-state index in [1.165, 1.54) is 4.74 Å². The Hall–Kier alpha value is -1.34. The van der Waals surface area contributed by atoms with Crippen LogP contribution >= 0.6 is 0 Å². The third kappa shape index (κ3) is 4.91. The quantitative estimate of drug-likeness (QED) is 0.230. The summed E-state index contributed by atoms with van der Waals surface area (Å²) in [5.74, 6) is -46.6. The highest BCUT2D eigenvalue weighted by molar-refractivity contribution is 5.12. The molecule has 0 radical (unpaired) electrons. The third-order valence-corrected chi connectivity index (χ3v) is 4.26. The first-order chi connectivity index (χ1) is 15.1. The normalized spacial score (nSPS) is 16.7.